The molecule has 0 bridgehead atoms. The molecular weight excluding hydrogens is 278 g/mol. The zero-order chi connectivity index (χ0) is 15.4. The summed E-state index contributed by atoms with van der Waals surface area (Å²) in [5, 5.41) is 3.15. The molecule has 1 aromatic carbocycles. The van der Waals surface area contributed by atoms with Crippen LogP contribution in [-0.4, -0.2) is 58.9 Å². The fraction of sp³-hybridized carbons (Fsp3) is 0.312. The standard InChI is InChI=1S/C16H19N5O/c1-20-7-9-21(10-8-20)16(22)14-11-18-15(12-17-14)19-13-5-3-2-4-6-13/h2-6,11-12H,7-10H2,1H3,(H,18,19). The number of carbonyl (C=O) groups excluding carboxylic acids is 1. The van der Waals surface area contributed by atoms with Gasteiger partial charge in [-0.1, -0.05) is 18.2 Å². The van der Waals surface area contributed by atoms with Gasteiger partial charge in [0.15, 0.2) is 0 Å². The van der Waals surface area contributed by atoms with Gasteiger partial charge in [-0.3, -0.25) is 4.79 Å². The van der Waals surface area contributed by atoms with Crippen molar-refractivity contribution in [1.82, 2.24) is 19.8 Å². The molecule has 1 aliphatic heterocycles. The Morgan fingerprint density at radius 2 is 1.77 bits per heavy atom. The summed E-state index contributed by atoms with van der Waals surface area (Å²) in [5.74, 6) is 0.577. The summed E-state index contributed by atoms with van der Waals surface area (Å²) in [7, 11) is 2.06. The molecule has 0 aliphatic carbocycles. The quantitative estimate of drug-likeness (QED) is 0.932. The Labute approximate surface area is 129 Å². The summed E-state index contributed by atoms with van der Waals surface area (Å²) in [6.07, 6.45) is 3.13. The van der Waals surface area contributed by atoms with Crippen molar-refractivity contribution in [1.29, 1.82) is 0 Å². The lowest BCUT2D eigenvalue weighted by atomic mass is 10.3. The number of benzene rings is 1. The number of nitrogens with zero attached hydrogens (tertiary/aromatic N) is 4. The topological polar surface area (TPSA) is 61.4 Å². The van der Waals surface area contributed by atoms with Crippen LogP contribution in [0.1, 0.15) is 10.5 Å². The van der Waals surface area contributed by atoms with E-state index in [1.807, 2.05) is 35.2 Å². The molecule has 114 valence electrons. The van der Waals surface area contributed by atoms with Gasteiger partial charge in [-0.05, 0) is 19.2 Å². The van der Waals surface area contributed by atoms with Gasteiger partial charge in [-0.15, -0.1) is 0 Å². The Hall–Kier alpha value is -2.47. The zero-order valence-corrected chi connectivity index (χ0v) is 12.6. The van der Waals surface area contributed by atoms with Crippen LogP contribution in [0.4, 0.5) is 11.5 Å². The highest BCUT2D eigenvalue weighted by Gasteiger charge is 2.21. The fourth-order valence-electron chi connectivity index (χ4n) is 2.34. The largest absolute Gasteiger partial charge is 0.339 e. The van der Waals surface area contributed by atoms with Gasteiger partial charge in [-0.25, -0.2) is 9.97 Å². The zero-order valence-electron chi connectivity index (χ0n) is 12.6. The third-order valence-corrected chi connectivity index (χ3v) is 3.71. The summed E-state index contributed by atoms with van der Waals surface area (Å²) in [6, 6.07) is 9.74. The molecular formula is C16H19N5O. The fourth-order valence-corrected chi connectivity index (χ4v) is 2.34. The molecule has 2 heterocycles. The van der Waals surface area contributed by atoms with Crippen LogP contribution in [0.15, 0.2) is 42.7 Å². The van der Waals surface area contributed by atoms with Gasteiger partial charge in [0.2, 0.25) is 0 Å². The number of aromatic nitrogens is 2. The van der Waals surface area contributed by atoms with Gasteiger partial charge < -0.3 is 15.1 Å². The van der Waals surface area contributed by atoms with Crippen molar-refractivity contribution in [3.05, 3.63) is 48.4 Å². The highest BCUT2D eigenvalue weighted by Crippen LogP contribution is 2.13. The van der Waals surface area contributed by atoms with Crippen molar-refractivity contribution in [2.24, 2.45) is 0 Å². The molecule has 1 aliphatic rings. The maximum atomic E-state index is 12.4. The van der Waals surface area contributed by atoms with E-state index in [9.17, 15) is 4.79 Å². The number of amides is 1. The Morgan fingerprint density at radius 1 is 1.05 bits per heavy atom. The number of hydrogen-bond donors (Lipinski definition) is 1. The minimum Gasteiger partial charge on any atom is -0.339 e. The molecule has 0 radical (unpaired) electrons. The molecule has 1 aromatic heterocycles. The Bertz CT molecular complexity index is 621. The molecule has 1 fully saturated rings. The average Bonchev–Trinajstić information content (AvgIpc) is 2.57. The smallest absolute Gasteiger partial charge is 0.274 e. The number of anilines is 2. The molecule has 0 saturated carbocycles. The van der Waals surface area contributed by atoms with Gasteiger partial charge >= 0.3 is 0 Å². The van der Waals surface area contributed by atoms with E-state index in [1.165, 1.54) is 6.20 Å². The van der Waals surface area contributed by atoms with Crippen molar-refractivity contribution in [3.63, 3.8) is 0 Å². The maximum Gasteiger partial charge on any atom is 0.274 e. The lowest BCUT2D eigenvalue weighted by Gasteiger charge is -2.32. The van der Waals surface area contributed by atoms with Crippen molar-refractivity contribution >= 4 is 17.4 Å². The number of para-hydroxylation sites is 1. The second-order valence-electron chi connectivity index (χ2n) is 5.37. The van der Waals surface area contributed by atoms with Crippen LogP contribution in [0.25, 0.3) is 0 Å². The summed E-state index contributed by atoms with van der Waals surface area (Å²) < 4.78 is 0. The van der Waals surface area contributed by atoms with Crippen molar-refractivity contribution < 1.29 is 4.79 Å². The number of piperazine rings is 1. The van der Waals surface area contributed by atoms with E-state index in [1.54, 1.807) is 6.20 Å². The summed E-state index contributed by atoms with van der Waals surface area (Å²) in [5.41, 5.74) is 1.33. The number of rotatable bonds is 3. The number of hydrogen-bond acceptors (Lipinski definition) is 5. The molecule has 3 rings (SSSR count). The molecule has 0 spiro atoms. The van der Waals surface area contributed by atoms with Gasteiger partial charge in [-0.2, -0.15) is 0 Å². The first kappa shape index (κ1) is 14.5. The number of carbonyl (C=O) groups is 1. The van der Waals surface area contributed by atoms with Crippen LogP contribution < -0.4 is 5.32 Å². The monoisotopic (exact) mass is 297 g/mol. The van der Waals surface area contributed by atoms with Crippen LogP contribution in [0.2, 0.25) is 0 Å². The molecule has 0 atom stereocenters. The van der Waals surface area contributed by atoms with E-state index in [0.717, 1.165) is 31.9 Å². The highest BCUT2D eigenvalue weighted by molar-refractivity contribution is 5.92. The Morgan fingerprint density at radius 3 is 2.41 bits per heavy atom. The van der Waals surface area contributed by atoms with Crippen LogP contribution in [0, 0.1) is 0 Å². The Kier molecular flexibility index (Phi) is 4.29. The maximum absolute atomic E-state index is 12.4. The minimum absolute atomic E-state index is 0.0492. The van der Waals surface area contributed by atoms with Crippen LogP contribution in [0.5, 0.6) is 0 Å². The Balaban J connectivity index is 1.65. The summed E-state index contributed by atoms with van der Waals surface area (Å²) in [4.78, 5) is 24.9. The normalized spacial score (nSPS) is 15.6. The van der Waals surface area contributed by atoms with E-state index in [2.05, 4.69) is 27.2 Å². The van der Waals surface area contributed by atoms with E-state index in [0.29, 0.717) is 11.5 Å². The first-order chi connectivity index (χ1) is 10.7. The predicted octanol–water partition coefficient (Wildman–Crippen LogP) is 1.61. The van der Waals surface area contributed by atoms with Gasteiger partial charge in [0.05, 0.1) is 12.4 Å². The van der Waals surface area contributed by atoms with E-state index in [-0.39, 0.29) is 5.91 Å². The SMILES string of the molecule is CN1CCN(C(=O)c2cnc(Nc3ccccc3)cn2)CC1. The lowest BCUT2D eigenvalue weighted by Crippen LogP contribution is -2.47. The second kappa shape index (κ2) is 6.53. The average molecular weight is 297 g/mol. The molecule has 22 heavy (non-hydrogen) atoms. The van der Waals surface area contributed by atoms with Gasteiger partial charge in [0.25, 0.3) is 5.91 Å². The second-order valence-corrected chi connectivity index (χ2v) is 5.37. The number of likely N-dealkylation sites (N-methyl/N-ethyl adjacent to an activating group) is 1. The van der Waals surface area contributed by atoms with E-state index < -0.39 is 0 Å². The summed E-state index contributed by atoms with van der Waals surface area (Å²) in [6.45, 7) is 3.27. The molecule has 6 heteroatoms. The number of nitrogens with one attached hydrogen (secondary N) is 1. The first-order valence-electron chi connectivity index (χ1n) is 7.34. The van der Waals surface area contributed by atoms with Crippen molar-refractivity contribution in [2.75, 3.05) is 38.5 Å². The van der Waals surface area contributed by atoms with E-state index >= 15 is 0 Å². The predicted molar refractivity (Wildman–Crippen MR) is 85.2 cm³/mol. The molecule has 1 N–H and O–H groups in total. The summed E-state index contributed by atoms with van der Waals surface area (Å²) >= 11 is 0. The van der Waals surface area contributed by atoms with Crippen LogP contribution >= 0.6 is 0 Å². The minimum atomic E-state index is -0.0492. The molecule has 0 unspecified atom stereocenters. The van der Waals surface area contributed by atoms with Gasteiger partial charge in [0, 0.05) is 31.9 Å². The molecule has 2 aromatic rings. The highest BCUT2D eigenvalue weighted by atomic mass is 16.2. The van der Waals surface area contributed by atoms with Crippen molar-refractivity contribution in [2.45, 2.75) is 0 Å². The first-order valence-corrected chi connectivity index (χ1v) is 7.34. The third-order valence-electron chi connectivity index (χ3n) is 3.71. The van der Waals surface area contributed by atoms with Gasteiger partial charge in [0.1, 0.15) is 11.5 Å². The molecule has 6 nitrogen and oxygen atoms in total. The van der Waals surface area contributed by atoms with E-state index in [4.69, 9.17) is 0 Å². The third kappa shape index (κ3) is 3.40. The van der Waals surface area contributed by atoms with Crippen LogP contribution in [-0.2, 0) is 0 Å². The lowest BCUT2D eigenvalue weighted by molar-refractivity contribution is 0.0658. The molecule has 1 saturated heterocycles. The van der Waals surface area contributed by atoms with Crippen LogP contribution in [0.3, 0.4) is 0 Å². The van der Waals surface area contributed by atoms with Crippen molar-refractivity contribution in [3.8, 4) is 0 Å². The molecule has 1 amide bonds.